The van der Waals surface area contributed by atoms with E-state index in [1.165, 1.54) is 56.6 Å². The molecule has 0 saturated carbocycles. The Kier molecular flexibility index (Phi) is 10.4. The van der Waals surface area contributed by atoms with Crippen LogP contribution < -0.4 is 0 Å². The van der Waals surface area contributed by atoms with Gasteiger partial charge < -0.3 is 15.1 Å². The Labute approximate surface area is 185 Å². The van der Waals surface area contributed by atoms with E-state index in [1.807, 2.05) is 11.3 Å². The Balaban J connectivity index is 0.000000305. The first-order valence-electron chi connectivity index (χ1n) is 9.73. The van der Waals surface area contributed by atoms with Crippen molar-refractivity contribution in [2.75, 3.05) is 26.7 Å². The quantitative estimate of drug-likeness (QED) is 0.594. The lowest BCUT2D eigenvalue weighted by atomic mass is 9.79. The molecule has 2 aliphatic heterocycles. The first-order valence-corrected chi connectivity index (χ1v) is 10.6. The Bertz CT molecular complexity index is 692. The number of alkyl halides is 6. The number of carboxylic acid groups (broad SMARTS) is 2. The number of nitrogens with zero attached hydrogens (tertiary/aromatic N) is 2. The van der Waals surface area contributed by atoms with Gasteiger partial charge in [-0.15, -0.1) is 11.3 Å². The molecule has 1 spiro atoms. The molecule has 6 nitrogen and oxygen atoms in total. The SMILES string of the molecule is CN1CCCCC12CCN(Cc1cccs1)CC2.O=C(O)C(F)(F)F.O=C(O)C(F)(F)F. The van der Waals surface area contributed by atoms with Gasteiger partial charge in [0.15, 0.2) is 0 Å². The van der Waals surface area contributed by atoms with Gasteiger partial charge in [-0.2, -0.15) is 26.3 Å². The molecule has 0 amide bonds. The molecule has 0 radical (unpaired) electrons. The predicted octanol–water partition coefficient (Wildman–Crippen LogP) is 4.47. The Morgan fingerprint density at radius 3 is 1.84 bits per heavy atom. The lowest BCUT2D eigenvalue weighted by Gasteiger charge is -2.50. The van der Waals surface area contributed by atoms with Crippen LogP contribution in [0.3, 0.4) is 0 Å². The summed E-state index contributed by atoms with van der Waals surface area (Å²) in [5.41, 5.74) is 0.546. The molecular weight excluding hydrogens is 466 g/mol. The van der Waals surface area contributed by atoms with E-state index in [0.29, 0.717) is 5.54 Å². The maximum atomic E-state index is 10.6. The molecule has 0 atom stereocenters. The van der Waals surface area contributed by atoms with Crippen molar-refractivity contribution >= 4 is 23.3 Å². The van der Waals surface area contributed by atoms with E-state index in [2.05, 4.69) is 34.4 Å². The zero-order chi connectivity index (χ0) is 24.6. The number of likely N-dealkylation sites (tertiary alicyclic amines) is 2. The molecule has 1 aromatic heterocycles. The second-order valence-corrected chi connectivity index (χ2v) is 8.60. The molecule has 32 heavy (non-hydrogen) atoms. The van der Waals surface area contributed by atoms with Crippen molar-refractivity contribution in [1.82, 2.24) is 9.80 Å². The monoisotopic (exact) mass is 492 g/mol. The largest absolute Gasteiger partial charge is 0.490 e. The predicted molar refractivity (Wildman–Crippen MR) is 105 cm³/mol. The van der Waals surface area contributed by atoms with Crippen LogP contribution in [0.5, 0.6) is 0 Å². The number of piperidine rings is 2. The zero-order valence-corrected chi connectivity index (χ0v) is 18.2. The van der Waals surface area contributed by atoms with Crippen molar-refractivity contribution in [2.45, 2.75) is 56.5 Å². The van der Waals surface area contributed by atoms with Gasteiger partial charge >= 0.3 is 24.3 Å². The van der Waals surface area contributed by atoms with Crippen molar-refractivity contribution in [2.24, 2.45) is 0 Å². The number of rotatable bonds is 2. The first-order chi connectivity index (χ1) is 14.7. The standard InChI is InChI=1S/C15H24N2S.2C2HF3O2/c1-16-9-3-2-6-15(16)7-10-17(11-8-15)13-14-5-4-12-18-14;2*3-2(4,5)1(6)7/h4-5,12H,2-3,6-11,13H2,1H3;2*(H,6,7). The fourth-order valence-corrected chi connectivity index (χ4v) is 4.36. The van der Waals surface area contributed by atoms with Gasteiger partial charge in [0.05, 0.1) is 0 Å². The summed E-state index contributed by atoms with van der Waals surface area (Å²) in [6, 6.07) is 4.43. The van der Waals surface area contributed by atoms with Gasteiger partial charge in [-0.1, -0.05) is 12.5 Å². The van der Waals surface area contributed by atoms with Gasteiger partial charge in [-0.25, -0.2) is 9.59 Å². The van der Waals surface area contributed by atoms with E-state index in [0.717, 1.165) is 6.54 Å². The molecule has 13 heteroatoms. The maximum Gasteiger partial charge on any atom is 0.490 e. The topological polar surface area (TPSA) is 81.1 Å². The first kappa shape index (κ1) is 28.2. The smallest absolute Gasteiger partial charge is 0.475 e. The van der Waals surface area contributed by atoms with E-state index in [4.69, 9.17) is 19.8 Å². The molecular formula is C19H26F6N2O4S. The molecule has 3 heterocycles. The number of thiophene rings is 1. The maximum absolute atomic E-state index is 10.6. The summed E-state index contributed by atoms with van der Waals surface area (Å²) in [4.78, 5) is 24.6. The van der Waals surface area contributed by atoms with Gasteiger partial charge in [0, 0.05) is 30.1 Å². The van der Waals surface area contributed by atoms with Gasteiger partial charge in [0.25, 0.3) is 0 Å². The summed E-state index contributed by atoms with van der Waals surface area (Å²) in [5, 5.41) is 16.4. The minimum atomic E-state index is -5.08. The third-order valence-electron chi connectivity index (χ3n) is 5.43. The average Bonchev–Trinajstić information content (AvgIpc) is 3.19. The third-order valence-corrected chi connectivity index (χ3v) is 6.29. The average molecular weight is 492 g/mol. The minimum Gasteiger partial charge on any atom is -0.475 e. The van der Waals surface area contributed by atoms with Crippen LogP contribution in [0.15, 0.2) is 17.5 Å². The van der Waals surface area contributed by atoms with Crippen LogP contribution in [0.25, 0.3) is 0 Å². The fourth-order valence-electron chi connectivity index (χ4n) is 3.61. The van der Waals surface area contributed by atoms with Crippen molar-refractivity contribution in [3.8, 4) is 0 Å². The summed E-state index contributed by atoms with van der Waals surface area (Å²) in [5.74, 6) is -5.51. The van der Waals surface area contributed by atoms with E-state index < -0.39 is 24.3 Å². The summed E-state index contributed by atoms with van der Waals surface area (Å²) < 4.78 is 63.5. The number of aliphatic carboxylic acids is 2. The van der Waals surface area contributed by atoms with Crippen molar-refractivity contribution < 1.29 is 46.1 Å². The number of hydrogen-bond acceptors (Lipinski definition) is 5. The number of carbonyl (C=O) groups is 2. The highest BCUT2D eigenvalue weighted by molar-refractivity contribution is 7.09. The van der Waals surface area contributed by atoms with Crippen LogP contribution in [0.2, 0.25) is 0 Å². The Morgan fingerprint density at radius 2 is 1.47 bits per heavy atom. The number of carboxylic acids is 2. The normalized spacial score (nSPS) is 19.3. The highest BCUT2D eigenvalue weighted by Crippen LogP contribution is 2.36. The highest BCUT2D eigenvalue weighted by Gasteiger charge is 2.40. The molecule has 0 bridgehead atoms. The van der Waals surface area contributed by atoms with Crippen LogP contribution in [0.4, 0.5) is 26.3 Å². The molecule has 2 saturated heterocycles. The van der Waals surface area contributed by atoms with E-state index in [9.17, 15) is 26.3 Å². The van der Waals surface area contributed by atoms with Crippen molar-refractivity contribution in [3.63, 3.8) is 0 Å². The molecule has 0 aromatic carbocycles. The zero-order valence-electron chi connectivity index (χ0n) is 17.4. The van der Waals surface area contributed by atoms with Crippen LogP contribution in [0.1, 0.15) is 37.0 Å². The molecule has 2 aliphatic rings. The van der Waals surface area contributed by atoms with Crippen LogP contribution in [-0.2, 0) is 16.1 Å². The van der Waals surface area contributed by atoms with Crippen LogP contribution >= 0.6 is 11.3 Å². The second kappa shape index (κ2) is 11.8. The van der Waals surface area contributed by atoms with E-state index >= 15 is 0 Å². The van der Waals surface area contributed by atoms with E-state index in [1.54, 1.807) is 0 Å². The van der Waals surface area contributed by atoms with Crippen molar-refractivity contribution in [3.05, 3.63) is 22.4 Å². The number of hydrogen-bond donors (Lipinski definition) is 2. The van der Waals surface area contributed by atoms with E-state index in [-0.39, 0.29) is 0 Å². The Morgan fingerprint density at radius 1 is 0.969 bits per heavy atom. The molecule has 0 unspecified atom stereocenters. The second-order valence-electron chi connectivity index (χ2n) is 7.56. The molecule has 2 N–H and O–H groups in total. The van der Waals surface area contributed by atoms with Gasteiger partial charge in [-0.3, -0.25) is 4.90 Å². The molecule has 0 aliphatic carbocycles. The summed E-state index contributed by atoms with van der Waals surface area (Å²) in [6.45, 7) is 5.03. The van der Waals surface area contributed by atoms with Gasteiger partial charge in [0.1, 0.15) is 0 Å². The minimum absolute atomic E-state index is 0.546. The molecule has 184 valence electrons. The molecule has 3 rings (SSSR count). The third kappa shape index (κ3) is 9.33. The summed E-state index contributed by atoms with van der Waals surface area (Å²) in [7, 11) is 2.34. The Hall–Kier alpha value is -1.86. The lowest BCUT2D eigenvalue weighted by molar-refractivity contribution is -0.193. The lowest BCUT2D eigenvalue weighted by Crippen LogP contribution is -2.55. The molecule has 1 aromatic rings. The van der Waals surface area contributed by atoms with Crippen LogP contribution in [0, 0.1) is 0 Å². The van der Waals surface area contributed by atoms with Crippen molar-refractivity contribution in [1.29, 1.82) is 0 Å². The molecule has 2 fully saturated rings. The fraction of sp³-hybridized carbons (Fsp3) is 0.684. The number of halogens is 6. The summed E-state index contributed by atoms with van der Waals surface area (Å²) >= 11 is 1.89. The summed E-state index contributed by atoms with van der Waals surface area (Å²) in [6.07, 6.45) is -3.16. The van der Waals surface area contributed by atoms with Crippen LogP contribution in [-0.4, -0.2) is 76.5 Å². The van der Waals surface area contributed by atoms with Gasteiger partial charge in [-0.05, 0) is 50.7 Å². The van der Waals surface area contributed by atoms with Gasteiger partial charge in [0.2, 0.25) is 0 Å². The highest BCUT2D eigenvalue weighted by atomic mass is 32.1.